The number of aryl methyl sites for hydroxylation is 1. The van der Waals surface area contributed by atoms with Gasteiger partial charge in [0.25, 0.3) is 0 Å². The maximum absolute atomic E-state index is 13.2. The summed E-state index contributed by atoms with van der Waals surface area (Å²) >= 11 is 12.7. The van der Waals surface area contributed by atoms with E-state index in [1.54, 1.807) is 0 Å². The van der Waals surface area contributed by atoms with Crippen molar-refractivity contribution in [2.24, 2.45) is 5.92 Å². The van der Waals surface area contributed by atoms with E-state index in [0.717, 1.165) is 92.5 Å². The molecule has 3 nitrogen and oxygen atoms in total. The topological polar surface area (TPSA) is 23.6 Å². The van der Waals surface area contributed by atoms with Gasteiger partial charge in [-0.1, -0.05) is 71.7 Å². The molecule has 1 saturated heterocycles. The van der Waals surface area contributed by atoms with Gasteiger partial charge < -0.3 is 0 Å². The summed E-state index contributed by atoms with van der Waals surface area (Å²) in [6.07, 6.45) is 6.09. The van der Waals surface area contributed by atoms with E-state index in [9.17, 15) is 4.79 Å². The Morgan fingerprint density at radius 1 is 0.811 bits per heavy atom. The van der Waals surface area contributed by atoms with Crippen LogP contribution < -0.4 is 0 Å². The lowest BCUT2D eigenvalue weighted by atomic mass is 9.89. The van der Waals surface area contributed by atoms with Crippen LogP contribution in [0.3, 0.4) is 0 Å². The van der Waals surface area contributed by atoms with Crippen molar-refractivity contribution in [1.82, 2.24) is 9.80 Å². The van der Waals surface area contributed by atoms with Gasteiger partial charge in [-0.15, -0.1) is 0 Å². The molecule has 0 N–H and O–H groups in total. The fourth-order valence-electron chi connectivity index (χ4n) is 5.80. The molecule has 0 spiro atoms. The Balaban J connectivity index is 1.12. The van der Waals surface area contributed by atoms with Gasteiger partial charge in [0, 0.05) is 47.2 Å². The number of hydrogen-bond donors (Lipinski definition) is 0. The van der Waals surface area contributed by atoms with Gasteiger partial charge in [0.2, 0.25) is 0 Å². The highest BCUT2D eigenvalue weighted by Crippen LogP contribution is 2.29. The van der Waals surface area contributed by atoms with Crippen LogP contribution in [0.25, 0.3) is 0 Å². The van der Waals surface area contributed by atoms with Crippen LogP contribution >= 0.6 is 23.2 Å². The van der Waals surface area contributed by atoms with Crippen molar-refractivity contribution in [1.29, 1.82) is 0 Å². The van der Waals surface area contributed by atoms with Crippen LogP contribution in [0, 0.1) is 5.92 Å². The van der Waals surface area contributed by atoms with Gasteiger partial charge in [-0.3, -0.25) is 14.6 Å². The summed E-state index contributed by atoms with van der Waals surface area (Å²) in [6, 6.07) is 22.8. The number of carbonyl (C=O) groups excluding carboxylic acids is 1. The molecule has 0 radical (unpaired) electrons. The summed E-state index contributed by atoms with van der Waals surface area (Å²) in [5, 5.41) is 1.48. The third-order valence-corrected chi connectivity index (χ3v) is 8.73. The van der Waals surface area contributed by atoms with E-state index < -0.39 is 0 Å². The maximum atomic E-state index is 13.2. The quantitative estimate of drug-likeness (QED) is 0.275. The van der Waals surface area contributed by atoms with Crippen LogP contribution in [0.4, 0.5) is 0 Å². The number of fused-ring (bicyclic) bond motifs is 1. The van der Waals surface area contributed by atoms with Gasteiger partial charge >= 0.3 is 0 Å². The van der Waals surface area contributed by atoms with Gasteiger partial charge in [-0.2, -0.15) is 0 Å². The monoisotopic (exact) mass is 534 g/mol. The lowest BCUT2D eigenvalue weighted by Gasteiger charge is -2.32. The van der Waals surface area contributed by atoms with Gasteiger partial charge in [-0.05, 0) is 92.5 Å². The minimum Gasteiger partial charge on any atom is -0.299 e. The number of carbonyl (C=O) groups is 1. The van der Waals surface area contributed by atoms with E-state index in [2.05, 4.69) is 58.3 Å². The van der Waals surface area contributed by atoms with E-state index in [0.29, 0.717) is 12.3 Å². The first-order chi connectivity index (χ1) is 18.0. The first-order valence-corrected chi connectivity index (χ1v) is 14.4. The summed E-state index contributed by atoms with van der Waals surface area (Å²) in [4.78, 5) is 18.1. The molecular formula is C32H36Cl2N2O. The number of rotatable bonds is 8. The number of hydrogen-bond acceptors (Lipinski definition) is 3. The zero-order chi connectivity index (χ0) is 25.6. The van der Waals surface area contributed by atoms with E-state index in [1.807, 2.05) is 18.2 Å². The van der Waals surface area contributed by atoms with E-state index >= 15 is 0 Å². The molecule has 0 atom stereocenters. The van der Waals surface area contributed by atoms with Crippen molar-refractivity contribution in [2.45, 2.75) is 58.2 Å². The Bertz CT molecular complexity index is 1180. The van der Waals surface area contributed by atoms with Crippen molar-refractivity contribution in [3.05, 3.63) is 105 Å². The molecule has 1 fully saturated rings. The number of benzene rings is 3. The van der Waals surface area contributed by atoms with Crippen LogP contribution in [-0.2, 0) is 26.1 Å². The standard InChI is InChI=1S/C32H36Cl2N2O/c33-30-9-4-10-31(34)29(30)23-35-18-15-24(16-19-35)11-14-32(37)27-13-12-26-8-5-17-36(22-28(26)20-27)21-25-6-2-1-3-7-25/h1-4,6-7,9-10,12-13,20,24H,5,8,11,14-19,21-23H2. The molecule has 5 heteroatoms. The predicted molar refractivity (Wildman–Crippen MR) is 153 cm³/mol. The minimum absolute atomic E-state index is 0.284. The molecule has 37 heavy (non-hydrogen) atoms. The average molecular weight is 536 g/mol. The molecule has 2 aliphatic heterocycles. The van der Waals surface area contributed by atoms with Crippen LogP contribution in [0.15, 0.2) is 66.7 Å². The highest BCUT2D eigenvalue weighted by Gasteiger charge is 2.22. The molecule has 3 aromatic carbocycles. The predicted octanol–water partition coefficient (Wildman–Crippen LogP) is 7.82. The lowest BCUT2D eigenvalue weighted by molar-refractivity contribution is 0.0961. The Labute approximate surface area is 231 Å². The average Bonchev–Trinajstić information content (AvgIpc) is 3.12. The van der Waals surface area contributed by atoms with E-state index in [1.165, 1.54) is 16.7 Å². The van der Waals surface area contributed by atoms with Crippen LogP contribution in [-0.4, -0.2) is 35.2 Å². The summed E-state index contributed by atoms with van der Waals surface area (Å²) in [6.45, 7) is 5.81. The zero-order valence-corrected chi connectivity index (χ0v) is 23.0. The molecule has 0 amide bonds. The number of likely N-dealkylation sites (tertiary alicyclic amines) is 1. The zero-order valence-electron chi connectivity index (χ0n) is 21.5. The highest BCUT2D eigenvalue weighted by molar-refractivity contribution is 6.35. The number of ketones is 1. The van der Waals surface area contributed by atoms with Gasteiger partial charge in [0.1, 0.15) is 0 Å². The molecule has 2 aliphatic rings. The smallest absolute Gasteiger partial charge is 0.162 e. The molecule has 2 heterocycles. The summed E-state index contributed by atoms with van der Waals surface area (Å²) in [7, 11) is 0. The molecule has 194 valence electrons. The molecule has 0 bridgehead atoms. The van der Waals surface area contributed by atoms with Gasteiger partial charge in [0.05, 0.1) is 0 Å². The largest absolute Gasteiger partial charge is 0.299 e. The third kappa shape index (κ3) is 7.03. The summed E-state index contributed by atoms with van der Waals surface area (Å²) < 4.78 is 0. The van der Waals surface area contributed by atoms with Crippen molar-refractivity contribution in [3.63, 3.8) is 0 Å². The number of Topliss-reactive ketones (excluding diaryl/α,β-unsaturated/α-hetero) is 1. The molecule has 0 unspecified atom stereocenters. The Morgan fingerprint density at radius 3 is 2.32 bits per heavy atom. The molecule has 0 saturated carbocycles. The Hall–Kier alpha value is -2.17. The van der Waals surface area contributed by atoms with Crippen molar-refractivity contribution in [3.8, 4) is 0 Å². The van der Waals surface area contributed by atoms with Crippen LogP contribution in [0.5, 0.6) is 0 Å². The van der Waals surface area contributed by atoms with E-state index in [4.69, 9.17) is 23.2 Å². The first-order valence-electron chi connectivity index (χ1n) is 13.6. The third-order valence-electron chi connectivity index (χ3n) is 8.02. The second kappa shape index (κ2) is 12.6. The van der Waals surface area contributed by atoms with Crippen LogP contribution in [0.1, 0.15) is 64.7 Å². The number of piperidine rings is 1. The summed E-state index contributed by atoms with van der Waals surface area (Å²) in [5.74, 6) is 0.885. The van der Waals surface area contributed by atoms with Crippen molar-refractivity contribution < 1.29 is 4.79 Å². The Morgan fingerprint density at radius 2 is 1.57 bits per heavy atom. The number of nitrogens with zero attached hydrogens (tertiary/aromatic N) is 2. The molecule has 0 aromatic heterocycles. The normalized spacial score (nSPS) is 17.4. The Kier molecular flexibility index (Phi) is 8.99. The minimum atomic E-state index is 0.284. The maximum Gasteiger partial charge on any atom is 0.162 e. The molecule has 5 rings (SSSR count). The molecule has 3 aromatic rings. The fraction of sp³-hybridized carbons (Fsp3) is 0.406. The van der Waals surface area contributed by atoms with Crippen molar-refractivity contribution >= 4 is 29.0 Å². The van der Waals surface area contributed by atoms with Gasteiger partial charge in [0.15, 0.2) is 5.78 Å². The van der Waals surface area contributed by atoms with Crippen molar-refractivity contribution in [2.75, 3.05) is 19.6 Å². The fourth-order valence-corrected chi connectivity index (χ4v) is 6.32. The van der Waals surface area contributed by atoms with Gasteiger partial charge in [-0.25, -0.2) is 0 Å². The molecule has 0 aliphatic carbocycles. The van der Waals surface area contributed by atoms with E-state index in [-0.39, 0.29) is 5.78 Å². The lowest BCUT2D eigenvalue weighted by Crippen LogP contribution is -2.33. The molecular weight excluding hydrogens is 499 g/mol. The second-order valence-electron chi connectivity index (χ2n) is 10.7. The summed E-state index contributed by atoms with van der Waals surface area (Å²) in [5.41, 5.74) is 5.97. The number of halogens is 2. The van der Waals surface area contributed by atoms with Crippen LogP contribution in [0.2, 0.25) is 10.0 Å². The highest BCUT2D eigenvalue weighted by atomic mass is 35.5. The SMILES string of the molecule is O=C(CCC1CCN(Cc2c(Cl)cccc2Cl)CC1)c1ccc2c(c1)CN(Cc1ccccc1)CCC2. The second-order valence-corrected chi connectivity index (χ2v) is 11.5. The first kappa shape index (κ1) is 26.4.